The summed E-state index contributed by atoms with van der Waals surface area (Å²) in [6.45, 7) is 4.60. The van der Waals surface area contributed by atoms with Crippen molar-refractivity contribution in [3.05, 3.63) is 34.3 Å². The molecule has 0 spiro atoms. The molecule has 5 nitrogen and oxygen atoms in total. The van der Waals surface area contributed by atoms with Crippen LogP contribution in [0.5, 0.6) is 0 Å². The number of carbonyl (C=O) groups excluding carboxylic acids is 1. The molecular weight excluding hydrogens is 488 g/mol. The lowest BCUT2D eigenvalue weighted by molar-refractivity contribution is 0.0165. The Morgan fingerprint density at radius 3 is 2.20 bits per heavy atom. The van der Waals surface area contributed by atoms with Crippen molar-refractivity contribution in [1.29, 1.82) is 0 Å². The van der Waals surface area contributed by atoms with E-state index in [1.807, 2.05) is 31.2 Å². The van der Waals surface area contributed by atoms with E-state index < -0.39 is 10.0 Å². The Labute approximate surface area is 196 Å². The molecule has 1 aliphatic heterocycles. The van der Waals surface area contributed by atoms with Gasteiger partial charge < -0.3 is 0 Å². The molecule has 0 N–H and O–H groups in total. The molecule has 1 heterocycles. The number of benzene rings is 1. The zero-order valence-corrected chi connectivity index (χ0v) is 21.0. The smallest absolute Gasteiger partial charge is 0.214 e. The SMILES string of the molecule is CCCS(=O)(=O)N1CCN(C2(CCC(=O)c3ccc(Br)cc3)CCCCC2)CC1.Cl. The van der Waals surface area contributed by atoms with Gasteiger partial charge in [0.25, 0.3) is 0 Å². The van der Waals surface area contributed by atoms with E-state index in [9.17, 15) is 13.2 Å². The van der Waals surface area contributed by atoms with Gasteiger partial charge in [0.2, 0.25) is 10.0 Å². The third-order valence-corrected chi connectivity index (χ3v) is 9.14. The first-order chi connectivity index (χ1) is 13.9. The highest BCUT2D eigenvalue weighted by molar-refractivity contribution is 9.10. The number of rotatable bonds is 8. The molecule has 1 saturated carbocycles. The molecule has 1 aliphatic carbocycles. The Morgan fingerprint density at radius 2 is 1.63 bits per heavy atom. The van der Waals surface area contributed by atoms with E-state index >= 15 is 0 Å². The predicted molar refractivity (Wildman–Crippen MR) is 128 cm³/mol. The van der Waals surface area contributed by atoms with Gasteiger partial charge in [-0.2, -0.15) is 4.31 Å². The van der Waals surface area contributed by atoms with E-state index in [2.05, 4.69) is 20.8 Å². The minimum absolute atomic E-state index is 0. The normalized spacial score (nSPS) is 20.5. The maximum Gasteiger partial charge on any atom is 0.214 e. The molecule has 8 heteroatoms. The van der Waals surface area contributed by atoms with Crippen LogP contribution in [0.4, 0.5) is 0 Å². The van der Waals surface area contributed by atoms with Crippen molar-refractivity contribution in [2.75, 3.05) is 31.9 Å². The number of carbonyl (C=O) groups is 1. The number of Topliss-reactive ketones (excluding diaryl/α,β-unsaturated/α-hetero) is 1. The molecule has 0 unspecified atom stereocenters. The average molecular weight is 522 g/mol. The molecule has 0 atom stereocenters. The lowest BCUT2D eigenvalue weighted by atomic mass is 9.76. The second-order valence-electron chi connectivity index (χ2n) is 8.42. The fourth-order valence-electron chi connectivity index (χ4n) is 4.89. The third-order valence-electron chi connectivity index (χ3n) is 6.53. The van der Waals surface area contributed by atoms with E-state index in [-0.39, 0.29) is 29.5 Å². The highest BCUT2D eigenvalue weighted by atomic mass is 79.9. The van der Waals surface area contributed by atoms with Gasteiger partial charge in [0.1, 0.15) is 0 Å². The summed E-state index contributed by atoms with van der Waals surface area (Å²) < 4.78 is 27.5. The number of halogens is 2. The van der Waals surface area contributed by atoms with Gasteiger partial charge in [-0.25, -0.2) is 8.42 Å². The second-order valence-corrected chi connectivity index (χ2v) is 11.4. The van der Waals surface area contributed by atoms with Crippen molar-refractivity contribution >= 4 is 44.1 Å². The Balaban J connectivity index is 0.00000320. The number of hydrogen-bond acceptors (Lipinski definition) is 4. The van der Waals surface area contributed by atoms with E-state index in [0.29, 0.717) is 25.9 Å². The van der Waals surface area contributed by atoms with Gasteiger partial charge in [-0.05, 0) is 37.8 Å². The maximum atomic E-state index is 12.8. The van der Waals surface area contributed by atoms with Crippen LogP contribution in [0.15, 0.2) is 28.7 Å². The first-order valence-electron chi connectivity index (χ1n) is 10.9. The van der Waals surface area contributed by atoms with Gasteiger partial charge in [-0.15, -0.1) is 12.4 Å². The van der Waals surface area contributed by atoms with Crippen LogP contribution < -0.4 is 0 Å². The Bertz CT molecular complexity index is 787. The van der Waals surface area contributed by atoms with Crippen LogP contribution in [-0.2, 0) is 10.0 Å². The van der Waals surface area contributed by atoms with Crippen LogP contribution >= 0.6 is 28.3 Å². The largest absolute Gasteiger partial charge is 0.295 e. The summed E-state index contributed by atoms with van der Waals surface area (Å²) in [5.41, 5.74) is 0.818. The van der Waals surface area contributed by atoms with Crippen LogP contribution in [-0.4, -0.2) is 60.9 Å². The fraction of sp³-hybridized carbons (Fsp3) is 0.682. The molecule has 0 aromatic heterocycles. The van der Waals surface area contributed by atoms with Gasteiger partial charge in [0, 0.05) is 48.2 Å². The van der Waals surface area contributed by atoms with E-state index in [0.717, 1.165) is 42.4 Å². The monoisotopic (exact) mass is 520 g/mol. The molecule has 170 valence electrons. The number of sulfonamides is 1. The predicted octanol–water partition coefficient (Wildman–Crippen LogP) is 4.89. The first kappa shape index (κ1) is 25.8. The molecule has 0 radical (unpaired) electrons. The summed E-state index contributed by atoms with van der Waals surface area (Å²) in [4.78, 5) is 15.3. The number of nitrogens with zero attached hydrogens (tertiary/aromatic N) is 2. The Hall–Kier alpha value is -0.470. The molecule has 1 aromatic rings. The summed E-state index contributed by atoms with van der Waals surface area (Å²) in [6, 6.07) is 7.60. The molecule has 1 saturated heterocycles. The summed E-state index contributed by atoms with van der Waals surface area (Å²) >= 11 is 3.42. The fourth-order valence-corrected chi connectivity index (χ4v) is 6.65. The van der Waals surface area contributed by atoms with Gasteiger partial charge in [0.15, 0.2) is 5.78 Å². The summed E-state index contributed by atoms with van der Waals surface area (Å²) in [6.07, 6.45) is 7.95. The van der Waals surface area contributed by atoms with Crippen LogP contribution in [0.25, 0.3) is 0 Å². The average Bonchev–Trinajstić information content (AvgIpc) is 2.73. The van der Waals surface area contributed by atoms with Crippen molar-refractivity contribution < 1.29 is 13.2 Å². The van der Waals surface area contributed by atoms with Crippen LogP contribution in [0, 0.1) is 0 Å². The van der Waals surface area contributed by atoms with Crippen molar-refractivity contribution in [3.8, 4) is 0 Å². The molecule has 2 aliphatic rings. The number of hydrogen-bond donors (Lipinski definition) is 0. The van der Waals surface area contributed by atoms with Crippen molar-refractivity contribution in [2.24, 2.45) is 0 Å². The highest BCUT2D eigenvalue weighted by Crippen LogP contribution is 2.38. The van der Waals surface area contributed by atoms with Gasteiger partial charge in [-0.3, -0.25) is 9.69 Å². The van der Waals surface area contributed by atoms with E-state index in [4.69, 9.17) is 0 Å². The maximum absolute atomic E-state index is 12.8. The lowest BCUT2D eigenvalue weighted by Crippen LogP contribution is -2.58. The first-order valence-corrected chi connectivity index (χ1v) is 13.3. The summed E-state index contributed by atoms with van der Waals surface area (Å²) in [7, 11) is -3.12. The van der Waals surface area contributed by atoms with Gasteiger partial charge in [-0.1, -0.05) is 54.2 Å². The Kier molecular flexibility index (Phi) is 9.81. The van der Waals surface area contributed by atoms with E-state index in [1.165, 1.54) is 19.3 Å². The lowest BCUT2D eigenvalue weighted by Gasteiger charge is -2.50. The minimum Gasteiger partial charge on any atom is -0.295 e. The topological polar surface area (TPSA) is 57.7 Å². The number of piperazine rings is 1. The molecule has 1 aromatic carbocycles. The Morgan fingerprint density at radius 1 is 1.03 bits per heavy atom. The van der Waals surface area contributed by atoms with Gasteiger partial charge in [0.05, 0.1) is 5.75 Å². The van der Waals surface area contributed by atoms with Crippen molar-refractivity contribution in [2.45, 2.75) is 63.8 Å². The van der Waals surface area contributed by atoms with Crippen LogP contribution in [0.3, 0.4) is 0 Å². The quantitative estimate of drug-likeness (QED) is 0.457. The summed E-state index contributed by atoms with van der Waals surface area (Å²) in [5, 5.41) is 0. The highest BCUT2D eigenvalue weighted by Gasteiger charge is 2.40. The summed E-state index contributed by atoms with van der Waals surface area (Å²) in [5.74, 6) is 0.437. The van der Waals surface area contributed by atoms with Crippen LogP contribution in [0.2, 0.25) is 0 Å². The third kappa shape index (κ3) is 6.28. The van der Waals surface area contributed by atoms with Crippen molar-refractivity contribution in [1.82, 2.24) is 9.21 Å². The van der Waals surface area contributed by atoms with Crippen LogP contribution in [0.1, 0.15) is 68.6 Å². The van der Waals surface area contributed by atoms with E-state index in [1.54, 1.807) is 4.31 Å². The standard InChI is InChI=1S/C22H33BrN2O3S.ClH/c1-2-18-29(27,28)25-16-14-24(15-17-25)22(11-4-3-5-12-22)13-10-21(26)19-6-8-20(23)9-7-19;/h6-9H,2-5,10-18H2,1H3;1H. The zero-order chi connectivity index (χ0) is 20.9. The zero-order valence-electron chi connectivity index (χ0n) is 17.8. The minimum atomic E-state index is -3.12. The molecular formula is C22H34BrClN2O3S. The molecule has 0 bridgehead atoms. The molecule has 30 heavy (non-hydrogen) atoms. The molecule has 0 amide bonds. The second kappa shape index (κ2) is 11.4. The number of ketones is 1. The molecule has 3 rings (SSSR count). The van der Waals surface area contributed by atoms with Crippen molar-refractivity contribution in [3.63, 3.8) is 0 Å². The molecule has 2 fully saturated rings. The van der Waals surface area contributed by atoms with Gasteiger partial charge >= 0.3 is 0 Å².